The summed E-state index contributed by atoms with van der Waals surface area (Å²) < 4.78 is 8.01. The first-order chi connectivity index (χ1) is 14.0. The van der Waals surface area contributed by atoms with Crippen LogP contribution in [0.25, 0.3) is 5.69 Å². The van der Waals surface area contributed by atoms with E-state index in [-0.39, 0.29) is 18.4 Å². The second-order valence-electron chi connectivity index (χ2n) is 6.22. The molecule has 0 saturated heterocycles. The maximum Gasteiger partial charge on any atom is 0.255 e. The second-order valence-corrected chi connectivity index (χ2v) is 7.14. The van der Waals surface area contributed by atoms with E-state index in [0.29, 0.717) is 23.6 Å². The molecule has 0 unspecified atom stereocenters. The number of anilines is 1. The Morgan fingerprint density at radius 3 is 2.45 bits per heavy atom. The van der Waals surface area contributed by atoms with Crippen LogP contribution in [0, 0.1) is 6.92 Å². The molecule has 0 saturated carbocycles. The number of carbonyl (C=O) groups is 2. The van der Waals surface area contributed by atoms with Gasteiger partial charge in [-0.25, -0.2) is 4.68 Å². The maximum absolute atomic E-state index is 12.5. The zero-order valence-electron chi connectivity index (χ0n) is 16.1. The number of ether oxygens (including phenoxy) is 1. The van der Waals surface area contributed by atoms with Crippen LogP contribution in [0.15, 0.2) is 59.2 Å². The number of carbonyl (C=O) groups excluding carboxylic acids is 2. The Morgan fingerprint density at radius 1 is 1.10 bits per heavy atom. The molecule has 0 aliphatic carbocycles. The molecule has 1 aromatic heterocycles. The highest BCUT2D eigenvalue weighted by Crippen LogP contribution is 2.17. The van der Waals surface area contributed by atoms with Crippen molar-refractivity contribution in [3.05, 3.63) is 70.5 Å². The lowest BCUT2D eigenvalue weighted by Crippen LogP contribution is -2.33. The van der Waals surface area contributed by atoms with E-state index in [1.165, 1.54) is 6.20 Å². The number of halogens is 1. The second kappa shape index (κ2) is 9.38. The van der Waals surface area contributed by atoms with E-state index in [4.69, 9.17) is 4.74 Å². The van der Waals surface area contributed by atoms with Crippen LogP contribution in [-0.2, 0) is 4.79 Å². The molecule has 8 heteroatoms. The largest absolute Gasteiger partial charge is 0.494 e. The van der Waals surface area contributed by atoms with Gasteiger partial charge >= 0.3 is 0 Å². The molecular weight excluding hydrogens is 436 g/mol. The normalized spacial score (nSPS) is 10.4. The number of nitrogens with one attached hydrogen (secondary N) is 2. The van der Waals surface area contributed by atoms with Crippen LogP contribution in [0.2, 0.25) is 0 Å². The van der Waals surface area contributed by atoms with Gasteiger partial charge in [-0.15, -0.1) is 0 Å². The molecule has 0 fully saturated rings. The van der Waals surface area contributed by atoms with Crippen LogP contribution in [0.1, 0.15) is 23.0 Å². The number of hydrogen-bond donors (Lipinski definition) is 2. The van der Waals surface area contributed by atoms with E-state index in [9.17, 15) is 9.59 Å². The molecule has 0 aliphatic heterocycles. The van der Waals surface area contributed by atoms with Gasteiger partial charge in [0, 0.05) is 10.2 Å². The Morgan fingerprint density at radius 2 is 1.79 bits per heavy atom. The van der Waals surface area contributed by atoms with Gasteiger partial charge in [-0.1, -0.05) is 15.9 Å². The van der Waals surface area contributed by atoms with E-state index >= 15 is 0 Å². The van der Waals surface area contributed by atoms with Crippen LogP contribution in [0.3, 0.4) is 0 Å². The number of nitrogens with zero attached hydrogens (tertiary/aromatic N) is 2. The van der Waals surface area contributed by atoms with Crippen molar-refractivity contribution in [1.29, 1.82) is 0 Å². The number of benzene rings is 2. The van der Waals surface area contributed by atoms with Crippen molar-refractivity contribution in [2.75, 3.05) is 18.5 Å². The van der Waals surface area contributed by atoms with E-state index < -0.39 is 0 Å². The summed E-state index contributed by atoms with van der Waals surface area (Å²) >= 11 is 3.40. The average Bonchev–Trinajstić information content (AvgIpc) is 3.10. The minimum atomic E-state index is -0.354. The van der Waals surface area contributed by atoms with E-state index in [1.54, 1.807) is 28.9 Å². The molecule has 3 aromatic rings. The fraction of sp³-hybridized carbons (Fsp3) is 0.190. The van der Waals surface area contributed by atoms with Crippen LogP contribution >= 0.6 is 15.9 Å². The molecule has 150 valence electrons. The molecule has 0 radical (unpaired) electrons. The molecule has 2 amide bonds. The lowest BCUT2D eigenvalue weighted by atomic mass is 10.2. The van der Waals surface area contributed by atoms with E-state index in [1.807, 2.05) is 38.1 Å². The van der Waals surface area contributed by atoms with Crippen LogP contribution in [0.5, 0.6) is 5.75 Å². The lowest BCUT2D eigenvalue weighted by Gasteiger charge is -2.09. The first kappa shape index (κ1) is 20.6. The van der Waals surface area contributed by atoms with Crippen molar-refractivity contribution in [2.24, 2.45) is 0 Å². The molecule has 0 atom stereocenters. The summed E-state index contributed by atoms with van der Waals surface area (Å²) in [5.74, 6) is 0.0604. The zero-order chi connectivity index (χ0) is 20.8. The predicted molar refractivity (Wildman–Crippen MR) is 115 cm³/mol. The summed E-state index contributed by atoms with van der Waals surface area (Å²) in [5.41, 5.74) is 2.59. The molecule has 0 spiro atoms. The summed E-state index contributed by atoms with van der Waals surface area (Å²) in [5, 5.41) is 9.65. The molecule has 0 bridgehead atoms. The highest BCUT2D eigenvalue weighted by atomic mass is 79.9. The van der Waals surface area contributed by atoms with Crippen LogP contribution < -0.4 is 15.4 Å². The van der Waals surface area contributed by atoms with Gasteiger partial charge in [0.25, 0.3) is 5.91 Å². The summed E-state index contributed by atoms with van der Waals surface area (Å²) in [6, 6.07) is 14.7. The Hall–Kier alpha value is -3.13. The molecule has 2 N–H and O–H groups in total. The van der Waals surface area contributed by atoms with Gasteiger partial charge in [0.2, 0.25) is 5.91 Å². The number of aromatic nitrogens is 2. The number of amides is 2. The Bertz CT molecular complexity index is 998. The minimum Gasteiger partial charge on any atom is -0.494 e. The van der Waals surface area contributed by atoms with Gasteiger partial charge in [0.05, 0.1) is 36.3 Å². The van der Waals surface area contributed by atoms with Crippen molar-refractivity contribution in [3.8, 4) is 11.4 Å². The van der Waals surface area contributed by atoms with Gasteiger partial charge in [-0.05, 0) is 62.4 Å². The van der Waals surface area contributed by atoms with Crippen molar-refractivity contribution in [1.82, 2.24) is 15.1 Å². The zero-order valence-corrected chi connectivity index (χ0v) is 17.7. The van der Waals surface area contributed by atoms with Gasteiger partial charge in [0.15, 0.2) is 0 Å². The molecule has 2 aromatic carbocycles. The lowest BCUT2D eigenvalue weighted by molar-refractivity contribution is -0.115. The topological polar surface area (TPSA) is 85.2 Å². The number of hydrogen-bond acceptors (Lipinski definition) is 4. The average molecular weight is 457 g/mol. The first-order valence-electron chi connectivity index (χ1n) is 9.09. The monoisotopic (exact) mass is 456 g/mol. The van der Waals surface area contributed by atoms with Crippen molar-refractivity contribution in [2.45, 2.75) is 13.8 Å². The summed E-state index contributed by atoms with van der Waals surface area (Å²) in [6.07, 6.45) is 1.50. The summed E-state index contributed by atoms with van der Waals surface area (Å²) in [6.45, 7) is 4.15. The van der Waals surface area contributed by atoms with E-state index in [2.05, 4.69) is 31.7 Å². The standard InChI is InChI=1S/C21H21BrN4O3/c1-3-29-18-10-6-16(7-11-18)25-20(27)13-23-21(28)19-12-24-26(14(19)2)17-8-4-15(22)5-9-17/h4-12H,3,13H2,1-2H3,(H,23,28)(H,25,27). The summed E-state index contributed by atoms with van der Waals surface area (Å²) in [4.78, 5) is 24.6. The van der Waals surface area contributed by atoms with Crippen molar-refractivity contribution >= 4 is 33.4 Å². The Balaban J connectivity index is 1.57. The Kier molecular flexibility index (Phi) is 6.66. The van der Waals surface area contributed by atoms with E-state index in [0.717, 1.165) is 15.9 Å². The number of rotatable bonds is 7. The molecule has 0 aliphatic rings. The Labute approximate surface area is 177 Å². The predicted octanol–water partition coefficient (Wildman–Crippen LogP) is 3.71. The van der Waals surface area contributed by atoms with Crippen LogP contribution in [0.4, 0.5) is 5.69 Å². The fourth-order valence-corrected chi connectivity index (χ4v) is 3.00. The smallest absolute Gasteiger partial charge is 0.255 e. The third-order valence-corrected chi connectivity index (χ3v) is 4.71. The van der Waals surface area contributed by atoms with Gasteiger partial charge < -0.3 is 15.4 Å². The first-order valence-corrected chi connectivity index (χ1v) is 9.88. The maximum atomic E-state index is 12.5. The molecule has 29 heavy (non-hydrogen) atoms. The third kappa shape index (κ3) is 5.23. The fourth-order valence-electron chi connectivity index (χ4n) is 2.74. The minimum absolute atomic E-state index is 0.144. The summed E-state index contributed by atoms with van der Waals surface area (Å²) in [7, 11) is 0. The molecule has 7 nitrogen and oxygen atoms in total. The van der Waals surface area contributed by atoms with Crippen LogP contribution in [-0.4, -0.2) is 34.7 Å². The van der Waals surface area contributed by atoms with Gasteiger partial charge in [-0.2, -0.15) is 5.10 Å². The highest BCUT2D eigenvalue weighted by molar-refractivity contribution is 9.10. The third-order valence-electron chi connectivity index (χ3n) is 4.18. The molecular formula is C21H21BrN4O3. The van der Waals surface area contributed by atoms with Gasteiger partial charge in [-0.3, -0.25) is 9.59 Å². The molecule has 1 heterocycles. The SMILES string of the molecule is CCOc1ccc(NC(=O)CNC(=O)c2cnn(-c3ccc(Br)cc3)c2C)cc1. The van der Waals surface area contributed by atoms with Crippen molar-refractivity contribution in [3.63, 3.8) is 0 Å². The highest BCUT2D eigenvalue weighted by Gasteiger charge is 2.16. The quantitative estimate of drug-likeness (QED) is 0.567. The van der Waals surface area contributed by atoms with Gasteiger partial charge in [0.1, 0.15) is 5.75 Å². The molecule has 3 rings (SSSR count). The van der Waals surface area contributed by atoms with Crippen molar-refractivity contribution < 1.29 is 14.3 Å².